The number of rotatable bonds is 2. The van der Waals surface area contributed by atoms with Gasteiger partial charge in [-0.1, -0.05) is 55.2 Å². The van der Waals surface area contributed by atoms with Crippen LogP contribution in [0.4, 0.5) is 0 Å². The number of hydrogen-bond donors (Lipinski definition) is 0. The van der Waals surface area contributed by atoms with Crippen LogP contribution < -0.4 is 0 Å². The van der Waals surface area contributed by atoms with Crippen molar-refractivity contribution in [2.45, 2.75) is 57.6 Å². The zero-order valence-corrected chi connectivity index (χ0v) is 14.6. The number of allylic oxidation sites excluding steroid dienone is 1. The van der Waals surface area contributed by atoms with Gasteiger partial charge in [0.15, 0.2) is 0 Å². The van der Waals surface area contributed by atoms with Crippen molar-refractivity contribution >= 4 is 27.7 Å². The Labute approximate surface area is 163 Å². The Morgan fingerprint density at radius 3 is 2.69 bits per heavy atom. The molecule has 1 aliphatic carbocycles. The lowest BCUT2D eigenvalue weighted by Crippen LogP contribution is -2.04. The van der Waals surface area contributed by atoms with E-state index < -0.39 is 25.5 Å². The van der Waals surface area contributed by atoms with Crippen LogP contribution >= 0.6 is 0 Å². The van der Waals surface area contributed by atoms with Gasteiger partial charge in [0.2, 0.25) is 0 Å². The predicted molar refractivity (Wildman–Crippen MR) is 109 cm³/mol. The second-order valence-corrected chi connectivity index (χ2v) is 7.06. The minimum absolute atomic E-state index is 0.117. The Hall–Kier alpha value is -2.35. The van der Waals surface area contributed by atoms with E-state index >= 15 is 0 Å². The zero-order chi connectivity index (χ0) is 22.7. The molecule has 2 heterocycles. The van der Waals surface area contributed by atoms with Gasteiger partial charge in [-0.05, 0) is 50.0 Å². The van der Waals surface area contributed by atoms with Crippen LogP contribution in [0.15, 0.2) is 57.6 Å². The lowest BCUT2D eigenvalue weighted by molar-refractivity contribution is 0.442. The normalized spacial score (nSPS) is 29.7. The topological polar surface area (TPSA) is 25.5 Å². The standard InChI is InChI=1S/C24H25NO/c1-16-13-14-22(25-15-16)21-12-6-11-20-19-10-5-9-18(23(19)26-24(20)21)17-7-3-2-4-8-17/h5-6,9-12,15,17H,2-4,7-8,13-14H2,1H3/i1D3,13D,14D,17D. The number of hydrogen-bond acceptors (Lipinski definition) is 2. The molecule has 2 aromatic carbocycles. The minimum atomic E-state index is -2.44. The summed E-state index contributed by atoms with van der Waals surface area (Å²) in [5.74, 6) is -0.671. The number of furan rings is 1. The highest BCUT2D eigenvalue weighted by atomic mass is 16.3. The summed E-state index contributed by atoms with van der Waals surface area (Å²) in [4.78, 5) is 4.32. The third-order valence-electron chi connectivity index (χ3n) is 5.40. The van der Waals surface area contributed by atoms with Crippen molar-refractivity contribution in [1.82, 2.24) is 0 Å². The molecule has 1 saturated carbocycles. The van der Waals surface area contributed by atoms with E-state index in [4.69, 9.17) is 12.6 Å². The molecule has 132 valence electrons. The van der Waals surface area contributed by atoms with Crippen molar-refractivity contribution in [3.63, 3.8) is 0 Å². The maximum atomic E-state index is 9.11. The fourth-order valence-electron chi connectivity index (χ4n) is 4.10. The molecule has 0 amide bonds. The van der Waals surface area contributed by atoms with Gasteiger partial charge < -0.3 is 4.42 Å². The van der Waals surface area contributed by atoms with Crippen molar-refractivity contribution in [1.29, 1.82) is 0 Å². The highest BCUT2D eigenvalue weighted by Gasteiger charge is 2.22. The Morgan fingerprint density at radius 1 is 1.04 bits per heavy atom. The molecule has 1 fully saturated rings. The molecular weight excluding hydrogens is 318 g/mol. The summed E-state index contributed by atoms with van der Waals surface area (Å²) in [6, 6.07) is 11.6. The van der Waals surface area contributed by atoms with Gasteiger partial charge in [-0.15, -0.1) is 0 Å². The van der Waals surface area contributed by atoms with E-state index in [2.05, 4.69) is 4.99 Å². The summed E-state index contributed by atoms with van der Waals surface area (Å²) in [7, 11) is 0. The van der Waals surface area contributed by atoms with Gasteiger partial charge in [-0.25, -0.2) is 0 Å². The van der Waals surface area contributed by atoms with Gasteiger partial charge in [-0.2, -0.15) is 0 Å². The van der Waals surface area contributed by atoms with Gasteiger partial charge in [0.25, 0.3) is 0 Å². The van der Waals surface area contributed by atoms with E-state index in [0.29, 0.717) is 22.4 Å². The average molecular weight is 350 g/mol. The van der Waals surface area contributed by atoms with E-state index in [1.807, 2.05) is 36.4 Å². The number of nitrogens with zero attached hydrogens (tertiary/aromatic N) is 1. The van der Waals surface area contributed by atoms with Crippen LogP contribution in [-0.4, -0.2) is 5.71 Å². The lowest BCUT2D eigenvalue weighted by atomic mass is 9.83. The molecule has 26 heavy (non-hydrogen) atoms. The van der Waals surface area contributed by atoms with Crippen molar-refractivity contribution in [2.75, 3.05) is 0 Å². The summed E-state index contributed by atoms with van der Waals surface area (Å²) < 4.78 is 55.2. The largest absolute Gasteiger partial charge is 0.455 e. The number of aliphatic imine (C=N–C) groups is 1. The monoisotopic (exact) mass is 349 g/mol. The van der Waals surface area contributed by atoms with Gasteiger partial charge in [0, 0.05) is 30.8 Å². The van der Waals surface area contributed by atoms with Crippen LogP contribution in [0.3, 0.4) is 0 Å². The number of fused-ring (bicyclic) bond motifs is 3. The van der Waals surface area contributed by atoms with Gasteiger partial charge in [0.05, 0.1) is 5.71 Å². The number of benzene rings is 2. The van der Waals surface area contributed by atoms with E-state index in [9.17, 15) is 0 Å². The highest BCUT2D eigenvalue weighted by molar-refractivity contribution is 6.16. The number of para-hydroxylation sites is 2. The average Bonchev–Trinajstić information content (AvgIpc) is 3.14. The molecule has 1 aliphatic heterocycles. The van der Waals surface area contributed by atoms with E-state index in [-0.39, 0.29) is 5.57 Å². The third-order valence-corrected chi connectivity index (χ3v) is 5.40. The molecule has 2 nitrogen and oxygen atoms in total. The molecule has 0 saturated heterocycles. The van der Waals surface area contributed by atoms with Crippen LogP contribution in [0.5, 0.6) is 0 Å². The Kier molecular flexibility index (Phi) is 2.65. The second-order valence-electron chi connectivity index (χ2n) is 7.06. The van der Waals surface area contributed by atoms with Crippen molar-refractivity contribution in [2.24, 2.45) is 4.99 Å². The summed E-state index contributed by atoms with van der Waals surface area (Å²) >= 11 is 0. The molecule has 2 aliphatic rings. The molecule has 2 heteroatoms. The van der Waals surface area contributed by atoms with Gasteiger partial charge in [0.1, 0.15) is 11.2 Å². The van der Waals surface area contributed by atoms with Crippen LogP contribution in [0.2, 0.25) is 0 Å². The summed E-state index contributed by atoms with van der Waals surface area (Å²) in [5.41, 5.74) is 2.99. The Morgan fingerprint density at radius 2 is 1.85 bits per heavy atom. The first-order valence-electron chi connectivity index (χ1n) is 12.4. The third kappa shape index (κ3) is 2.59. The first-order valence-corrected chi connectivity index (χ1v) is 9.28. The van der Waals surface area contributed by atoms with Crippen LogP contribution in [0, 0.1) is 0 Å². The smallest absolute Gasteiger partial charge is 0.144 e. The fourth-order valence-corrected chi connectivity index (χ4v) is 4.10. The predicted octanol–water partition coefficient (Wildman–Crippen LogP) is 7.12. The van der Waals surface area contributed by atoms with Crippen molar-refractivity contribution in [3.8, 4) is 0 Å². The molecule has 1 aromatic heterocycles. The molecule has 5 rings (SSSR count). The van der Waals surface area contributed by atoms with Crippen LogP contribution in [0.1, 0.15) is 77.0 Å². The van der Waals surface area contributed by atoms with Gasteiger partial charge >= 0.3 is 0 Å². The first-order chi connectivity index (χ1) is 15.2. The molecule has 2 unspecified atom stereocenters. The first kappa shape index (κ1) is 10.7. The molecule has 3 aromatic rings. The maximum Gasteiger partial charge on any atom is 0.144 e. The second kappa shape index (κ2) is 6.42. The molecule has 0 spiro atoms. The molecule has 0 radical (unpaired) electrons. The molecule has 2 atom stereocenters. The summed E-state index contributed by atoms with van der Waals surface area (Å²) in [6.45, 7) is -2.44. The Balaban J connectivity index is 1.70. The quantitative estimate of drug-likeness (QED) is 0.483. The SMILES string of the molecule is [2H]C1C(C([2H])([2H])[2H])=CN=C(c2cccc3c2oc2c(C4([2H])CCCCC4)cccc23)C1[2H]. The van der Waals surface area contributed by atoms with Crippen LogP contribution in [0.25, 0.3) is 21.9 Å². The van der Waals surface area contributed by atoms with Crippen LogP contribution in [-0.2, 0) is 0 Å². The van der Waals surface area contributed by atoms with Gasteiger partial charge in [-0.3, -0.25) is 4.99 Å². The summed E-state index contributed by atoms with van der Waals surface area (Å²) in [5, 5.41) is 1.80. The fraction of sp³-hybridized carbons (Fsp3) is 0.375. The van der Waals surface area contributed by atoms with Crippen molar-refractivity contribution < 1.29 is 12.6 Å². The molecule has 0 bridgehead atoms. The zero-order valence-electron chi connectivity index (χ0n) is 20.6. The molecule has 0 N–H and O–H groups in total. The molecular formula is C24H25NO. The lowest BCUT2D eigenvalue weighted by Gasteiger charge is -2.21. The van der Waals surface area contributed by atoms with E-state index in [1.165, 1.54) is 6.20 Å². The highest BCUT2D eigenvalue weighted by Crippen LogP contribution is 2.40. The summed E-state index contributed by atoms with van der Waals surface area (Å²) in [6.07, 6.45) is 3.71. The van der Waals surface area contributed by atoms with E-state index in [0.717, 1.165) is 48.4 Å². The maximum absolute atomic E-state index is 9.11. The van der Waals surface area contributed by atoms with E-state index in [1.54, 1.807) is 0 Å². The minimum Gasteiger partial charge on any atom is -0.455 e. The Bertz CT molecular complexity index is 1250. The van der Waals surface area contributed by atoms with Crippen molar-refractivity contribution in [3.05, 3.63) is 59.3 Å².